The van der Waals surface area contributed by atoms with Crippen LogP contribution in [0.15, 0.2) is 0 Å². The number of esters is 1. The normalized spacial score (nSPS) is 20.1. The van der Waals surface area contributed by atoms with Gasteiger partial charge in [-0.3, -0.25) is 0 Å². The first-order valence-electron chi connectivity index (χ1n) is 8.22. The van der Waals surface area contributed by atoms with Crippen molar-refractivity contribution in [1.29, 1.82) is 0 Å². The van der Waals surface area contributed by atoms with Gasteiger partial charge in [0.05, 0.1) is 19.8 Å². The van der Waals surface area contributed by atoms with Gasteiger partial charge in [0.25, 0.3) is 5.69 Å². The summed E-state index contributed by atoms with van der Waals surface area (Å²) in [6.07, 6.45) is -0.670. The highest BCUT2D eigenvalue weighted by Gasteiger charge is 2.35. The number of carbonyl (C=O) groups excluding carboxylic acids is 2. The number of hydrogen-bond acceptors (Lipinski definition) is 9. The van der Waals surface area contributed by atoms with E-state index in [-0.39, 0.29) is 17.8 Å². The molecule has 11 heteroatoms. The molecule has 1 saturated heterocycles. The molecule has 0 unspecified atom stereocenters. The topological polar surface area (TPSA) is 83.1 Å². The van der Waals surface area contributed by atoms with Crippen molar-refractivity contribution in [2.45, 2.75) is 53.2 Å². The summed E-state index contributed by atoms with van der Waals surface area (Å²) in [5, 5.41) is 2.55. The number of carbonyl (C=O) groups is 2. The van der Waals surface area contributed by atoms with Gasteiger partial charge in [0.2, 0.25) is 0 Å². The van der Waals surface area contributed by atoms with Gasteiger partial charge in [0.15, 0.2) is 0 Å². The van der Waals surface area contributed by atoms with Crippen LogP contribution in [0.25, 0.3) is 0 Å². The monoisotopic (exact) mass is 445 g/mol. The van der Waals surface area contributed by atoms with E-state index in [4.69, 9.17) is 30.3 Å². The maximum absolute atomic E-state index is 12.1. The van der Waals surface area contributed by atoms with Crippen molar-refractivity contribution in [2.24, 2.45) is 5.41 Å². The van der Waals surface area contributed by atoms with Crippen LogP contribution < -0.4 is 5.32 Å². The quantitative estimate of drug-likeness (QED) is 0.353. The third-order valence-corrected chi connectivity index (χ3v) is 11.3. The maximum Gasteiger partial charge on any atom is 0.408 e. The minimum atomic E-state index is -2.45. The molecule has 0 bridgehead atoms. The lowest BCUT2D eigenvalue weighted by Gasteiger charge is -2.35. The van der Waals surface area contributed by atoms with Gasteiger partial charge in [0.1, 0.15) is 11.6 Å². The van der Waals surface area contributed by atoms with Crippen LogP contribution in [0.5, 0.6) is 0 Å². The predicted octanol–water partition coefficient (Wildman–Crippen LogP) is 4.12. The van der Waals surface area contributed by atoms with Crippen LogP contribution in [-0.4, -0.2) is 49.3 Å². The first kappa shape index (κ1) is 24.0. The van der Waals surface area contributed by atoms with E-state index in [9.17, 15) is 9.59 Å². The summed E-state index contributed by atoms with van der Waals surface area (Å²) < 4.78 is 21.7. The standard InChI is InChI=1S/C15H28NO6PS3/c1-7-19-12(17)11(16-13(18)22-14(2,3)4)8-25-26-23(24)20-9-15(5,6)10-21-23/h11H,7-10H2,1-6H3,(H,16,18)/t11-/m0/s1. The highest BCUT2D eigenvalue weighted by Crippen LogP contribution is 2.68. The Labute approximate surface area is 168 Å². The molecular formula is C15H28NO6PS3. The molecule has 0 aromatic heterocycles. The number of ether oxygens (including phenoxy) is 2. The average molecular weight is 446 g/mol. The van der Waals surface area contributed by atoms with Gasteiger partial charge in [-0.15, -0.1) is 0 Å². The fraction of sp³-hybridized carbons (Fsp3) is 0.867. The maximum atomic E-state index is 12.1. The van der Waals surface area contributed by atoms with Gasteiger partial charge < -0.3 is 23.8 Å². The zero-order chi connectivity index (χ0) is 20.0. The van der Waals surface area contributed by atoms with Gasteiger partial charge in [-0.2, -0.15) is 0 Å². The fourth-order valence-corrected chi connectivity index (χ4v) is 8.89. The third kappa shape index (κ3) is 9.28. The summed E-state index contributed by atoms with van der Waals surface area (Å²) >= 11 is 5.47. The average Bonchev–Trinajstić information content (AvgIpc) is 2.48. The van der Waals surface area contributed by atoms with Crippen LogP contribution in [-0.2, 0) is 35.1 Å². The Bertz CT molecular complexity index is 538. The van der Waals surface area contributed by atoms with Crippen molar-refractivity contribution in [3.05, 3.63) is 0 Å². The summed E-state index contributed by atoms with van der Waals surface area (Å²) in [5.74, 6) is -0.258. The Morgan fingerprint density at radius 3 is 2.38 bits per heavy atom. The molecule has 0 aromatic carbocycles. The van der Waals surface area contributed by atoms with Crippen molar-refractivity contribution in [1.82, 2.24) is 5.32 Å². The van der Waals surface area contributed by atoms with E-state index in [0.717, 1.165) is 0 Å². The zero-order valence-corrected chi connectivity index (χ0v) is 19.4. The van der Waals surface area contributed by atoms with Gasteiger partial charge in [-0.05, 0) is 49.9 Å². The van der Waals surface area contributed by atoms with E-state index in [2.05, 4.69) is 5.32 Å². The van der Waals surface area contributed by atoms with Crippen molar-refractivity contribution in [3.8, 4) is 0 Å². The van der Waals surface area contributed by atoms with E-state index in [1.165, 1.54) is 21.2 Å². The summed E-state index contributed by atoms with van der Waals surface area (Å²) in [6.45, 7) is 12.4. The Kier molecular flexibility index (Phi) is 9.23. The molecule has 1 amide bonds. The van der Waals surface area contributed by atoms with Gasteiger partial charge in [-0.25, -0.2) is 9.59 Å². The summed E-state index contributed by atoms with van der Waals surface area (Å²) in [5.41, 5.74) is -3.16. The van der Waals surface area contributed by atoms with E-state index in [0.29, 0.717) is 13.2 Å². The van der Waals surface area contributed by atoms with Crippen molar-refractivity contribution in [3.63, 3.8) is 0 Å². The fourth-order valence-electron chi connectivity index (χ4n) is 1.65. The van der Waals surface area contributed by atoms with E-state index >= 15 is 0 Å². The van der Waals surface area contributed by atoms with E-state index < -0.39 is 29.4 Å². The molecule has 1 rings (SSSR count). The van der Waals surface area contributed by atoms with Crippen LogP contribution in [0, 0.1) is 5.41 Å². The second-order valence-corrected chi connectivity index (χ2v) is 15.7. The number of hydrogen-bond donors (Lipinski definition) is 1. The molecule has 1 heterocycles. The van der Waals surface area contributed by atoms with Crippen LogP contribution >= 0.6 is 26.9 Å². The van der Waals surface area contributed by atoms with Crippen molar-refractivity contribution in [2.75, 3.05) is 25.6 Å². The molecule has 0 spiro atoms. The summed E-state index contributed by atoms with van der Waals surface area (Å²) in [4.78, 5) is 24.1. The Morgan fingerprint density at radius 1 is 1.31 bits per heavy atom. The number of amides is 1. The van der Waals surface area contributed by atoms with E-state index in [1.54, 1.807) is 27.7 Å². The molecule has 1 fully saturated rings. The zero-order valence-electron chi connectivity index (χ0n) is 16.0. The summed E-state index contributed by atoms with van der Waals surface area (Å²) in [6, 6.07) is -0.842. The second kappa shape index (κ2) is 9.98. The largest absolute Gasteiger partial charge is 0.464 e. The molecule has 26 heavy (non-hydrogen) atoms. The van der Waals surface area contributed by atoms with E-state index in [1.807, 2.05) is 13.8 Å². The Morgan fingerprint density at radius 2 is 1.88 bits per heavy atom. The molecular weight excluding hydrogens is 417 g/mol. The van der Waals surface area contributed by atoms with Gasteiger partial charge >= 0.3 is 12.1 Å². The molecule has 1 atom stereocenters. The molecule has 0 aromatic rings. The van der Waals surface area contributed by atoms with Crippen LogP contribution in [0.2, 0.25) is 0 Å². The lowest BCUT2D eigenvalue weighted by atomic mass is 9.97. The van der Waals surface area contributed by atoms with Crippen LogP contribution in [0.3, 0.4) is 0 Å². The lowest BCUT2D eigenvalue weighted by molar-refractivity contribution is -0.144. The molecule has 1 N–H and O–H groups in total. The molecule has 1 aliphatic heterocycles. The minimum absolute atomic E-state index is 0.0563. The SMILES string of the molecule is CCOC(=O)[C@H](CSSP1(=S)OCC(C)(C)CO1)NC(=O)OC(C)(C)C. The summed E-state index contributed by atoms with van der Waals surface area (Å²) in [7, 11) is 2.62. The molecule has 0 aliphatic carbocycles. The Balaban J connectivity index is 2.57. The second-order valence-electron chi connectivity index (χ2n) is 7.47. The van der Waals surface area contributed by atoms with Crippen molar-refractivity contribution >= 4 is 50.8 Å². The number of alkyl carbamates (subject to hydrolysis) is 1. The lowest BCUT2D eigenvalue weighted by Crippen LogP contribution is -2.45. The van der Waals surface area contributed by atoms with Crippen LogP contribution in [0.1, 0.15) is 41.5 Å². The molecule has 0 radical (unpaired) electrons. The number of nitrogens with one attached hydrogen (secondary N) is 1. The van der Waals surface area contributed by atoms with Gasteiger partial charge in [0, 0.05) is 11.2 Å². The Hall–Kier alpha value is 0.01000. The van der Waals surface area contributed by atoms with Crippen LogP contribution in [0.4, 0.5) is 4.79 Å². The van der Waals surface area contributed by atoms with Gasteiger partial charge in [-0.1, -0.05) is 24.6 Å². The molecule has 1 aliphatic rings. The molecule has 152 valence electrons. The molecule has 0 saturated carbocycles. The molecule has 7 nitrogen and oxygen atoms in total. The first-order chi connectivity index (χ1) is 11.9. The third-order valence-electron chi connectivity index (χ3n) is 2.87. The minimum Gasteiger partial charge on any atom is -0.464 e. The highest BCUT2D eigenvalue weighted by atomic mass is 33.4. The number of rotatable bonds is 7. The van der Waals surface area contributed by atoms with Crippen molar-refractivity contribution < 1.29 is 28.1 Å². The highest BCUT2D eigenvalue weighted by molar-refractivity contribution is 9.03. The predicted molar refractivity (Wildman–Crippen MR) is 110 cm³/mol. The smallest absolute Gasteiger partial charge is 0.408 e. The first-order valence-corrected chi connectivity index (χ1v) is 13.8.